The predicted molar refractivity (Wildman–Crippen MR) is 86.1 cm³/mol. The minimum Gasteiger partial charge on any atom is -0.339 e. The van der Waals surface area contributed by atoms with E-state index in [1.54, 1.807) is 11.3 Å². The third-order valence-electron chi connectivity index (χ3n) is 3.51. The van der Waals surface area contributed by atoms with Gasteiger partial charge in [-0.25, -0.2) is 4.98 Å². The van der Waals surface area contributed by atoms with Crippen molar-refractivity contribution in [1.29, 1.82) is 0 Å². The van der Waals surface area contributed by atoms with E-state index in [1.165, 1.54) is 0 Å². The van der Waals surface area contributed by atoms with Crippen molar-refractivity contribution in [3.05, 3.63) is 27.8 Å². The standard InChI is InChI=1S/C14H20N4OS2/c1-3-4-15-11-8-20-7-10(11)14-17-12(18-19-14)5-13-16-9(2)6-21-13/h6,10-11,15H,3-5,7-8H2,1-2H3. The summed E-state index contributed by atoms with van der Waals surface area (Å²) in [5.74, 6) is 4.02. The van der Waals surface area contributed by atoms with E-state index in [0.717, 1.165) is 46.9 Å². The van der Waals surface area contributed by atoms with Crippen LogP contribution in [0, 0.1) is 6.92 Å². The van der Waals surface area contributed by atoms with Gasteiger partial charge in [0.1, 0.15) is 5.01 Å². The van der Waals surface area contributed by atoms with Crippen molar-refractivity contribution < 1.29 is 4.52 Å². The van der Waals surface area contributed by atoms with Crippen LogP contribution in [0.2, 0.25) is 0 Å². The topological polar surface area (TPSA) is 63.8 Å². The number of nitrogens with one attached hydrogen (secondary N) is 1. The molecule has 1 aliphatic rings. The molecule has 114 valence electrons. The molecule has 1 N–H and O–H groups in total. The third-order valence-corrected chi connectivity index (χ3v) is 5.67. The first-order chi connectivity index (χ1) is 10.3. The molecule has 1 fully saturated rings. The molecule has 1 saturated heterocycles. The minimum atomic E-state index is 0.334. The number of hydrogen-bond acceptors (Lipinski definition) is 7. The Morgan fingerprint density at radius 2 is 2.29 bits per heavy atom. The maximum Gasteiger partial charge on any atom is 0.232 e. The Kier molecular flexibility index (Phi) is 4.92. The summed E-state index contributed by atoms with van der Waals surface area (Å²) in [6.07, 6.45) is 1.81. The van der Waals surface area contributed by atoms with Crippen LogP contribution in [0.1, 0.15) is 41.7 Å². The van der Waals surface area contributed by atoms with Crippen molar-refractivity contribution >= 4 is 23.1 Å². The van der Waals surface area contributed by atoms with E-state index in [9.17, 15) is 0 Å². The van der Waals surface area contributed by atoms with Crippen molar-refractivity contribution in [1.82, 2.24) is 20.4 Å². The predicted octanol–water partition coefficient (Wildman–Crippen LogP) is 2.62. The van der Waals surface area contributed by atoms with Crippen molar-refractivity contribution in [2.45, 2.75) is 38.6 Å². The normalized spacial score (nSPS) is 22.0. The van der Waals surface area contributed by atoms with Gasteiger partial charge in [-0.1, -0.05) is 12.1 Å². The molecule has 2 aromatic rings. The van der Waals surface area contributed by atoms with Gasteiger partial charge in [0.25, 0.3) is 0 Å². The summed E-state index contributed by atoms with van der Waals surface area (Å²) < 4.78 is 5.50. The molecule has 0 spiro atoms. The van der Waals surface area contributed by atoms with Crippen molar-refractivity contribution in [2.75, 3.05) is 18.1 Å². The van der Waals surface area contributed by atoms with Crippen LogP contribution < -0.4 is 5.32 Å². The molecule has 2 atom stereocenters. The molecule has 1 aliphatic heterocycles. The molecular formula is C14H20N4OS2. The molecule has 7 heteroatoms. The van der Waals surface area contributed by atoms with Crippen LogP contribution in [0.15, 0.2) is 9.90 Å². The van der Waals surface area contributed by atoms with Crippen LogP contribution in [0.25, 0.3) is 0 Å². The highest BCUT2D eigenvalue weighted by atomic mass is 32.2. The Labute approximate surface area is 132 Å². The molecule has 2 aromatic heterocycles. The van der Waals surface area contributed by atoms with Gasteiger partial charge >= 0.3 is 0 Å². The molecule has 0 aliphatic carbocycles. The maximum absolute atomic E-state index is 5.50. The lowest BCUT2D eigenvalue weighted by molar-refractivity contribution is 0.336. The van der Waals surface area contributed by atoms with E-state index in [0.29, 0.717) is 18.4 Å². The van der Waals surface area contributed by atoms with Crippen LogP contribution >= 0.6 is 23.1 Å². The number of aryl methyl sites for hydroxylation is 1. The van der Waals surface area contributed by atoms with Gasteiger partial charge in [0.05, 0.1) is 12.3 Å². The molecule has 0 radical (unpaired) electrons. The average Bonchev–Trinajstić information content (AvgIpc) is 3.18. The summed E-state index contributed by atoms with van der Waals surface area (Å²) in [5, 5.41) is 10.8. The highest BCUT2D eigenvalue weighted by Crippen LogP contribution is 2.32. The average molecular weight is 324 g/mol. The number of thioether (sulfide) groups is 1. The fourth-order valence-corrected chi connectivity index (χ4v) is 4.58. The van der Waals surface area contributed by atoms with Gasteiger partial charge in [-0.3, -0.25) is 0 Å². The SMILES string of the molecule is CCCNC1CSCC1c1nc(Cc2nc(C)cs2)no1. The lowest BCUT2D eigenvalue weighted by Crippen LogP contribution is -2.34. The number of aromatic nitrogens is 3. The molecular weight excluding hydrogens is 304 g/mol. The van der Waals surface area contributed by atoms with E-state index in [4.69, 9.17) is 4.52 Å². The quantitative estimate of drug-likeness (QED) is 0.881. The van der Waals surface area contributed by atoms with Gasteiger partial charge in [-0.05, 0) is 19.9 Å². The highest BCUT2D eigenvalue weighted by Gasteiger charge is 2.33. The number of thiazole rings is 1. The first-order valence-corrected chi connectivity index (χ1v) is 9.34. The summed E-state index contributed by atoms with van der Waals surface area (Å²) >= 11 is 3.60. The Bertz CT molecular complexity index is 583. The van der Waals surface area contributed by atoms with Gasteiger partial charge in [0.2, 0.25) is 5.89 Å². The summed E-state index contributed by atoms with van der Waals surface area (Å²) in [5.41, 5.74) is 1.05. The molecule has 3 heterocycles. The zero-order chi connectivity index (χ0) is 14.7. The second kappa shape index (κ2) is 6.89. The second-order valence-corrected chi connectivity index (χ2v) is 7.33. The van der Waals surface area contributed by atoms with E-state index < -0.39 is 0 Å². The highest BCUT2D eigenvalue weighted by molar-refractivity contribution is 7.99. The van der Waals surface area contributed by atoms with E-state index in [-0.39, 0.29) is 0 Å². The molecule has 0 aromatic carbocycles. The Morgan fingerprint density at radius 1 is 1.38 bits per heavy atom. The van der Waals surface area contributed by atoms with Gasteiger partial charge in [-0.15, -0.1) is 11.3 Å². The molecule has 0 bridgehead atoms. The smallest absolute Gasteiger partial charge is 0.232 e. The van der Waals surface area contributed by atoms with Crippen molar-refractivity contribution in [3.63, 3.8) is 0 Å². The number of hydrogen-bond donors (Lipinski definition) is 1. The number of rotatable bonds is 6. The first-order valence-electron chi connectivity index (χ1n) is 7.31. The van der Waals surface area contributed by atoms with Crippen LogP contribution in [-0.2, 0) is 6.42 Å². The van der Waals surface area contributed by atoms with Gasteiger partial charge < -0.3 is 9.84 Å². The van der Waals surface area contributed by atoms with Crippen molar-refractivity contribution in [3.8, 4) is 0 Å². The second-order valence-electron chi connectivity index (χ2n) is 5.31. The monoisotopic (exact) mass is 324 g/mol. The van der Waals surface area contributed by atoms with Gasteiger partial charge in [-0.2, -0.15) is 16.7 Å². The van der Waals surface area contributed by atoms with E-state index in [1.807, 2.05) is 18.7 Å². The van der Waals surface area contributed by atoms with Gasteiger partial charge in [0, 0.05) is 28.6 Å². The summed E-state index contributed by atoms with van der Waals surface area (Å²) in [4.78, 5) is 9.04. The fraction of sp³-hybridized carbons (Fsp3) is 0.643. The largest absolute Gasteiger partial charge is 0.339 e. The first kappa shape index (κ1) is 15.0. The molecule has 0 amide bonds. The minimum absolute atomic E-state index is 0.334. The zero-order valence-electron chi connectivity index (χ0n) is 12.3. The summed E-state index contributed by atoms with van der Waals surface area (Å²) in [6, 6.07) is 0.449. The zero-order valence-corrected chi connectivity index (χ0v) is 14.0. The number of nitrogens with zero attached hydrogens (tertiary/aromatic N) is 3. The van der Waals surface area contributed by atoms with Crippen LogP contribution in [0.5, 0.6) is 0 Å². The maximum atomic E-state index is 5.50. The Hall–Kier alpha value is -0.920. The van der Waals surface area contributed by atoms with Crippen LogP contribution in [0.4, 0.5) is 0 Å². The lowest BCUT2D eigenvalue weighted by atomic mass is 10.0. The third kappa shape index (κ3) is 3.64. The molecule has 3 rings (SSSR count). The Balaban J connectivity index is 1.66. The van der Waals surface area contributed by atoms with Crippen molar-refractivity contribution in [2.24, 2.45) is 0 Å². The van der Waals surface area contributed by atoms with E-state index >= 15 is 0 Å². The fourth-order valence-electron chi connectivity index (χ4n) is 2.44. The summed E-state index contributed by atoms with van der Waals surface area (Å²) in [6.45, 7) is 5.23. The van der Waals surface area contributed by atoms with E-state index in [2.05, 4.69) is 32.7 Å². The molecule has 2 unspecified atom stereocenters. The molecule has 0 saturated carbocycles. The molecule has 5 nitrogen and oxygen atoms in total. The Morgan fingerprint density at radius 3 is 3.05 bits per heavy atom. The van der Waals surface area contributed by atoms with Gasteiger partial charge in [0.15, 0.2) is 5.82 Å². The van der Waals surface area contributed by atoms with Crippen LogP contribution in [0.3, 0.4) is 0 Å². The lowest BCUT2D eigenvalue weighted by Gasteiger charge is -2.16. The summed E-state index contributed by atoms with van der Waals surface area (Å²) in [7, 11) is 0. The van der Waals surface area contributed by atoms with Crippen LogP contribution in [-0.4, -0.2) is 39.2 Å². The molecule has 21 heavy (non-hydrogen) atoms.